The van der Waals surface area contributed by atoms with Crippen molar-refractivity contribution in [2.45, 2.75) is 20.8 Å². The Balaban J connectivity index is 1.75. The third-order valence-corrected chi connectivity index (χ3v) is 4.43. The molecule has 31 heavy (non-hydrogen) atoms. The average molecular weight is 413 g/mol. The van der Waals surface area contributed by atoms with Crippen LogP contribution in [0.3, 0.4) is 0 Å². The fourth-order valence-corrected chi connectivity index (χ4v) is 3.02. The Hall–Kier alpha value is -4.18. The van der Waals surface area contributed by atoms with Crippen LogP contribution in [-0.4, -0.2) is 22.5 Å². The number of esters is 1. The van der Waals surface area contributed by atoms with Gasteiger partial charge in [0.15, 0.2) is 0 Å². The van der Waals surface area contributed by atoms with E-state index in [2.05, 4.69) is 26.7 Å². The summed E-state index contributed by atoms with van der Waals surface area (Å²) in [5.74, 6) is 0.731. The van der Waals surface area contributed by atoms with Crippen molar-refractivity contribution in [2.75, 3.05) is 17.2 Å². The lowest BCUT2D eigenvalue weighted by Crippen LogP contribution is -2.03. The summed E-state index contributed by atoms with van der Waals surface area (Å²) in [6, 6.07) is 14.9. The van der Waals surface area contributed by atoms with Crippen molar-refractivity contribution in [3.8, 4) is 6.07 Å². The molecular weight excluding hydrogens is 390 g/mol. The second kappa shape index (κ2) is 10.0. The number of hydrogen-bond acceptors (Lipinski definition) is 7. The summed E-state index contributed by atoms with van der Waals surface area (Å²) in [6.45, 7) is 6.12. The number of nitriles is 1. The van der Waals surface area contributed by atoms with Crippen molar-refractivity contribution in [3.63, 3.8) is 0 Å². The summed E-state index contributed by atoms with van der Waals surface area (Å²) >= 11 is 0. The molecule has 0 saturated heterocycles. The summed E-state index contributed by atoms with van der Waals surface area (Å²) in [4.78, 5) is 20.3. The van der Waals surface area contributed by atoms with Gasteiger partial charge in [0.25, 0.3) is 0 Å². The topological polar surface area (TPSA) is 99.9 Å². The van der Waals surface area contributed by atoms with Gasteiger partial charge in [-0.1, -0.05) is 0 Å². The highest BCUT2D eigenvalue weighted by atomic mass is 16.5. The van der Waals surface area contributed by atoms with Gasteiger partial charge in [-0.25, -0.2) is 9.78 Å². The monoisotopic (exact) mass is 413 g/mol. The van der Waals surface area contributed by atoms with Gasteiger partial charge in [-0.3, -0.25) is 0 Å². The van der Waals surface area contributed by atoms with Crippen molar-refractivity contribution >= 4 is 35.2 Å². The molecule has 2 aromatic carbocycles. The molecule has 0 aliphatic rings. The molecule has 0 aliphatic heterocycles. The summed E-state index contributed by atoms with van der Waals surface area (Å²) in [5, 5.41) is 15.4. The molecule has 1 aromatic heterocycles. The van der Waals surface area contributed by atoms with Crippen LogP contribution in [0, 0.1) is 25.2 Å². The van der Waals surface area contributed by atoms with Crippen molar-refractivity contribution < 1.29 is 9.53 Å². The van der Waals surface area contributed by atoms with Gasteiger partial charge in [0.05, 0.1) is 18.2 Å². The molecule has 7 nitrogen and oxygen atoms in total. The van der Waals surface area contributed by atoms with Gasteiger partial charge in [0, 0.05) is 23.6 Å². The largest absolute Gasteiger partial charge is 0.463 e. The van der Waals surface area contributed by atoms with E-state index in [9.17, 15) is 4.79 Å². The van der Waals surface area contributed by atoms with Crippen LogP contribution in [0.4, 0.5) is 23.1 Å². The minimum absolute atomic E-state index is 0.352. The molecule has 3 rings (SSSR count). The molecule has 0 spiro atoms. The lowest BCUT2D eigenvalue weighted by Gasteiger charge is -2.14. The van der Waals surface area contributed by atoms with E-state index >= 15 is 0 Å². The molecule has 0 amide bonds. The number of carbonyl (C=O) groups is 1. The smallest absolute Gasteiger partial charge is 0.330 e. The summed E-state index contributed by atoms with van der Waals surface area (Å²) in [5.41, 5.74) is 5.28. The molecular formula is C24H23N5O2. The molecule has 0 unspecified atom stereocenters. The first kappa shape index (κ1) is 21.5. The Morgan fingerprint density at radius 3 is 2.48 bits per heavy atom. The quantitative estimate of drug-likeness (QED) is 0.414. The Morgan fingerprint density at radius 2 is 1.84 bits per heavy atom. The van der Waals surface area contributed by atoms with E-state index in [-0.39, 0.29) is 5.97 Å². The zero-order chi connectivity index (χ0) is 22.2. The van der Waals surface area contributed by atoms with E-state index in [1.165, 1.54) is 6.08 Å². The number of aryl methyl sites for hydroxylation is 2. The molecule has 156 valence electrons. The van der Waals surface area contributed by atoms with Crippen molar-refractivity contribution in [1.82, 2.24) is 9.97 Å². The number of rotatable bonds is 7. The zero-order valence-corrected chi connectivity index (χ0v) is 17.6. The predicted molar refractivity (Wildman–Crippen MR) is 121 cm³/mol. The summed E-state index contributed by atoms with van der Waals surface area (Å²) < 4.78 is 4.92. The lowest BCUT2D eigenvalue weighted by molar-refractivity contribution is -0.137. The van der Waals surface area contributed by atoms with Crippen molar-refractivity contribution in [1.29, 1.82) is 5.26 Å². The normalized spacial score (nSPS) is 10.5. The Morgan fingerprint density at radius 1 is 1.13 bits per heavy atom. The SMILES string of the molecule is CCOC(=O)/C=C/c1cc(C)c(Nc2ccnc(Nc3ccc(C#N)cc3)n2)c(C)c1. The number of carbonyl (C=O) groups excluding carboxylic acids is 1. The maximum atomic E-state index is 11.5. The molecule has 0 bridgehead atoms. The maximum Gasteiger partial charge on any atom is 0.330 e. The van der Waals surface area contributed by atoms with Crippen molar-refractivity contribution in [2.24, 2.45) is 0 Å². The van der Waals surface area contributed by atoms with Crippen LogP contribution in [0.2, 0.25) is 0 Å². The first-order valence-corrected chi connectivity index (χ1v) is 9.82. The van der Waals surface area contributed by atoms with Gasteiger partial charge in [0.1, 0.15) is 5.82 Å². The number of aromatic nitrogens is 2. The lowest BCUT2D eigenvalue weighted by atomic mass is 10.0. The van der Waals surface area contributed by atoms with Crippen LogP contribution in [-0.2, 0) is 9.53 Å². The number of nitrogens with zero attached hydrogens (tertiary/aromatic N) is 3. The summed E-state index contributed by atoms with van der Waals surface area (Å²) in [7, 11) is 0. The standard InChI is InChI=1S/C24H23N5O2/c1-4-31-22(30)10-7-19-13-16(2)23(17(3)14-19)28-21-11-12-26-24(29-21)27-20-8-5-18(15-25)6-9-20/h5-14H,4H2,1-3H3,(H2,26,27,28,29)/b10-7+. The third-order valence-electron chi connectivity index (χ3n) is 4.43. The fraction of sp³-hybridized carbons (Fsp3) is 0.167. The van der Waals surface area contributed by atoms with E-state index in [1.54, 1.807) is 49.5 Å². The maximum absolute atomic E-state index is 11.5. The minimum atomic E-state index is -0.358. The second-order valence-corrected chi connectivity index (χ2v) is 6.82. The number of benzene rings is 2. The molecule has 0 radical (unpaired) electrons. The van der Waals surface area contributed by atoms with Crippen LogP contribution in [0.25, 0.3) is 6.08 Å². The van der Waals surface area contributed by atoms with Crippen LogP contribution in [0.1, 0.15) is 29.2 Å². The van der Waals surface area contributed by atoms with Crippen LogP contribution in [0.15, 0.2) is 54.7 Å². The highest BCUT2D eigenvalue weighted by molar-refractivity contribution is 5.87. The molecule has 7 heteroatoms. The molecule has 0 saturated carbocycles. The minimum Gasteiger partial charge on any atom is -0.463 e. The van der Waals surface area contributed by atoms with Crippen molar-refractivity contribution in [3.05, 3.63) is 77.0 Å². The zero-order valence-electron chi connectivity index (χ0n) is 17.6. The van der Waals surface area contributed by atoms with Gasteiger partial charge in [-0.05, 0) is 86.0 Å². The Kier molecular flexibility index (Phi) is 6.97. The van der Waals surface area contributed by atoms with Crippen LogP contribution >= 0.6 is 0 Å². The van der Waals surface area contributed by atoms with E-state index in [1.807, 2.05) is 26.0 Å². The van der Waals surface area contributed by atoms with Gasteiger partial charge >= 0.3 is 5.97 Å². The average Bonchev–Trinajstić information content (AvgIpc) is 2.76. The third kappa shape index (κ3) is 5.90. The second-order valence-electron chi connectivity index (χ2n) is 6.82. The van der Waals surface area contributed by atoms with Gasteiger partial charge in [-0.2, -0.15) is 10.2 Å². The van der Waals surface area contributed by atoms with Crippen LogP contribution < -0.4 is 10.6 Å². The molecule has 0 atom stereocenters. The fourth-order valence-electron chi connectivity index (χ4n) is 3.02. The highest BCUT2D eigenvalue weighted by Crippen LogP contribution is 2.26. The first-order valence-electron chi connectivity index (χ1n) is 9.82. The number of hydrogen-bond donors (Lipinski definition) is 2. The number of nitrogens with one attached hydrogen (secondary N) is 2. The van der Waals surface area contributed by atoms with E-state index in [4.69, 9.17) is 10.00 Å². The highest BCUT2D eigenvalue weighted by Gasteiger charge is 2.07. The molecule has 0 fully saturated rings. The van der Waals surface area contributed by atoms with E-state index in [0.29, 0.717) is 23.9 Å². The van der Waals surface area contributed by atoms with Gasteiger partial charge < -0.3 is 15.4 Å². The number of ether oxygens (including phenoxy) is 1. The van der Waals surface area contributed by atoms with Gasteiger partial charge in [-0.15, -0.1) is 0 Å². The first-order chi connectivity index (χ1) is 15.0. The molecule has 2 N–H and O–H groups in total. The molecule has 3 aromatic rings. The Bertz CT molecular complexity index is 1120. The Labute approximate surface area is 181 Å². The van der Waals surface area contributed by atoms with E-state index < -0.39 is 0 Å². The van der Waals surface area contributed by atoms with Gasteiger partial charge in [0.2, 0.25) is 5.95 Å². The summed E-state index contributed by atoms with van der Waals surface area (Å²) in [6.07, 6.45) is 4.84. The molecule has 0 aliphatic carbocycles. The van der Waals surface area contributed by atoms with Crippen LogP contribution in [0.5, 0.6) is 0 Å². The molecule has 1 heterocycles. The predicted octanol–water partition coefficient (Wildman–Crippen LogP) is 5.03. The number of anilines is 4. The van der Waals surface area contributed by atoms with E-state index in [0.717, 1.165) is 28.1 Å².